The second-order valence-electron chi connectivity index (χ2n) is 5.27. The Bertz CT molecular complexity index is 493. The van der Waals surface area contributed by atoms with Crippen LogP contribution in [0.3, 0.4) is 0 Å². The Morgan fingerprint density at radius 1 is 1.43 bits per heavy atom. The molecule has 0 aliphatic carbocycles. The molecule has 6 heteroatoms. The van der Waals surface area contributed by atoms with Crippen LogP contribution in [-0.4, -0.2) is 30.8 Å². The van der Waals surface area contributed by atoms with E-state index in [1.165, 1.54) is 16.0 Å². The number of nitrogens with one attached hydrogen (secondary N) is 2. The molecule has 118 valence electrons. The topological polar surface area (TPSA) is 41.1 Å². The molecule has 1 fully saturated rings. The van der Waals surface area contributed by atoms with Gasteiger partial charge in [0.15, 0.2) is 0 Å². The first-order chi connectivity index (χ1) is 9.56. The summed E-state index contributed by atoms with van der Waals surface area (Å²) in [6.07, 6.45) is 2.23. The number of carbonyl (C=O) groups excluding carboxylic acids is 1. The molecule has 1 amide bonds. The predicted molar refractivity (Wildman–Crippen MR) is 95.6 cm³/mol. The molecule has 0 bridgehead atoms. The minimum Gasteiger partial charge on any atom is -0.351 e. The predicted octanol–water partition coefficient (Wildman–Crippen LogP) is 3.45. The van der Waals surface area contributed by atoms with Crippen molar-refractivity contribution in [1.29, 1.82) is 0 Å². The Kier molecular flexibility index (Phi) is 8.09. The van der Waals surface area contributed by atoms with Crippen LogP contribution < -0.4 is 10.6 Å². The second-order valence-corrected chi connectivity index (χ2v) is 7.14. The lowest BCUT2D eigenvalue weighted by Crippen LogP contribution is -2.46. The van der Waals surface area contributed by atoms with Crippen LogP contribution >= 0.6 is 40.1 Å². The standard InChI is InChI=1S/C15H21BrN2OS.ClH/c1-10-7-14(11(2)6-13(10)16)20-9-15(19)18-12-4-3-5-17-8-12;/h6-7,12,17H,3-5,8-9H2,1-2H3,(H,18,19);1H. The van der Waals surface area contributed by atoms with Gasteiger partial charge in [-0.2, -0.15) is 0 Å². The number of rotatable bonds is 4. The first-order valence-electron chi connectivity index (χ1n) is 6.96. The molecule has 2 N–H and O–H groups in total. The van der Waals surface area contributed by atoms with Gasteiger partial charge in [-0.05, 0) is 56.5 Å². The molecule has 1 unspecified atom stereocenters. The second kappa shape index (κ2) is 9.03. The lowest BCUT2D eigenvalue weighted by atomic mass is 10.1. The molecule has 21 heavy (non-hydrogen) atoms. The van der Waals surface area contributed by atoms with Gasteiger partial charge in [-0.3, -0.25) is 4.79 Å². The van der Waals surface area contributed by atoms with E-state index in [4.69, 9.17) is 0 Å². The van der Waals surface area contributed by atoms with Crippen LogP contribution in [-0.2, 0) is 4.79 Å². The molecule has 1 aromatic rings. The molecule has 0 aromatic heterocycles. The number of hydrogen-bond acceptors (Lipinski definition) is 3. The van der Waals surface area contributed by atoms with Crippen molar-refractivity contribution in [3.05, 3.63) is 27.7 Å². The molecule has 0 saturated carbocycles. The Hall–Kier alpha value is -0.230. The first-order valence-corrected chi connectivity index (χ1v) is 8.74. The molecule has 1 heterocycles. The number of aryl methyl sites for hydroxylation is 2. The number of carbonyl (C=O) groups is 1. The molecule has 1 aliphatic heterocycles. The van der Waals surface area contributed by atoms with Crippen LogP contribution in [0.25, 0.3) is 0 Å². The van der Waals surface area contributed by atoms with E-state index in [1.807, 2.05) is 0 Å². The van der Waals surface area contributed by atoms with E-state index < -0.39 is 0 Å². The van der Waals surface area contributed by atoms with Gasteiger partial charge < -0.3 is 10.6 Å². The van der Waals surface area contributed by atoms with Crippen molar-refractivity contribution in [2.45, 2.75) is 37.6 Å². The van der Waals surface area contributed by atoms with Crippen LogP contribution in [0.4, 0.5) is 0 Å². The number of thioether (sulfide) groups is 1. The van der Waals surface area contributed by atoms with Gasteiger partial charge in [-0.15, -0.1) is 24.2 Å². The van der Waals surface area contributed by atoms with Gasteiger partial charge in [0.1, 0.15) is 0 Å². The summed E-state index contributed by atoms with van der Waals surface area (Å²) in [5.74, 6) is 0.613. The zero-order valence-corrected chi connectivity index (χ0v) is 15.6. The van der Waals surface area contributed by atoms with Crippen LogP contribution in [0.5, 0.6) is 0 Å². The van der Waals surface area contributed by atoms with Crippen LogP contribution in [0.1, 0.15) is 24.0 Å². The van der Waals surface area contributed by atoms with Gasteiger partial charge in [0, 0.05) is 22.0 Å². The fraction of sp³-hybridized carbons (Fsp3) is 0.533. The molecule has 0 radical (unpaired) electrons. The molecule has 3 nitrogen and oxygen atoms in total. The maximum Gasteiger partial charge on any atom is 0.230 e. The third-order valence-electron chi connectivity index (χ3n) is 3.48. The van der Waals surface area contributed by atoms with Crippen molar-refractivity contribution >= 4 is 46.0 Å². The summed E-state index contributed by atoms with van der Waals surface area (Å²) in [4.78, 5) is 13.2. The Labute approximate surface area is 145 Å². The van der Waals surface area contributed by atoms with E-state index in [9.17, 15) is 4.79 Å². The smallest absolute Gasteiger partial charge is 0.230 e. The third kappa shape index (κ3) is 5.81. The molecular formula is C15H22BrClN2OS. The largest absolute Gasteiger partial charge is 0.351 e. The van der Waals surface area contributed by atoms with E-state index in [0.717, 1.165) is 30.4 Å². The molecular weight excluding hydrogens is 372 g/mol. The molecule has 1 atom stereocenters. The van der Waals surface area contributed by atoms with Gasteiger partial charge in [-0.25, -0.2) is 0 Å². The molecule has 2 rings (SSSR count). The highest BCUT2D eigenvalue weighted by Crippen LogP contribution is 2.28. The number of halogens is 2. The molecule has 0 spiro atoms. The summed E-state index contributed by atoms with van der Waals surface area (Å²) < 4.78 is 1.12. The zero-order valence-electron chi connectivity index (χ0n) is 12.4. The summed E-state index contributed by atoms with van der Waals surface area (Å²) >= 11 is 5.14. The average molecular weight is 394 g/mol. The summed E-state index contributed by atoms with van der Waals surface area (Å²) in [6, 6.07) is 4.55. The van der Waals surface area contributed by atoms with Gasteiger partial charge in [0.25, 0.3) is 0 Å². The minimum atomic E-state index is 0. The third-order valence-corrected chi connectivity index (χ3v) is 5.49. The van der Waals surface area contributed by atoms with Crippen molar-refractivity contribution in [2.75, 3.05) is 18.8 Å². The van der Waals surface area contributed by atoms with E-state index in [1.54, 1.807) is 11.8 Å². The number of piperidine rings is 1. The summed E-state index contributed by atoms with van der Waals surface area (Å²) in [5.41, 5.74) is 2.41. The molecule has 1 aromatic carbocycles. The van der Waals surface area contributed by atoms with Crippen molar-refractivity contribution in [3.8, 4) is 0 Å². The van der Waals surface area contributed by atoms with Crippen LogP contribution in [0.2, 0.25) is 0 Å². The van der Waals surface area contributed by atoms with Gasteiger partial charge >= 0.3 is 0 Å². The van der Waals surface area contributed by atoms with Crippen molar-refractivity contribution in [3.63, 3.8) is 0 Å². The van der Waals surface area contributed by atoms with E-state index in [2.05, 4.69) is 52.5 Å². The highest BCUT2D eigenvalue weighted by molar-refractivity contribution is 9.10. The molecule has 1 aliphatic rings. The summed E-state index contributed by atoms with van der Waals surface area (Å²) in [7, 11) is 0. The fourth-order valence-electron chi connectivity index (χ4n) is 2.30. The fourth-order valence-corrected chi connectivity index (χ4v) is 3.67. The SMILES string of the molecule is Cc1cc(SCC(=O)NC2CCCNC2)c(C)cc1Br.Cl. The monoisotopic (exact) mass is 392 g/mol. The number of amides is 1. The molecule has 1 saturated heterocycles. The first kappa shape index (κ1) is 18.8. The van der Waals surface area contributed by atoms with E-state index >= 15 is 0 Å². The summed E-state index contributed by atoms with van der Waals surface area (Å²) in [6.45, 7) is 6.11. The van der Waals surface area contributed by atoms with Gasteiger partial charge in [0.2, 0.25) is 5.91 Å². The quantitative estimate of drug-likeness (QED) is 0.770. The lowest BCUT2D eigenvalue weighted by Gasteiger charge is -2.23. The maximum atomic E-state index is 12.0. The zero-order chi connectivity index (χ0) is 14.5. The van der Waals surface area contributed by atoms with E-state index in [-0.39, 0.29) is 18.3 Å². The Morgan fingerprint density at radius 3 is 2.86 bits per heavy atom. The highest BCUT2D eigenvalue weighted by Gasteiger charge is 2.15. The van der Waals surface area contributed by atoms with Crippen molar-refractivity contribution < 1.29 is 4.79 Å². The normalized spacial score (nSPS) is 18.0. The van der Waals surface area contributed by atoms with Crippen LogP contribution in [0.15, 0.2) is 21.5 Å². The summed E-state index contributed by atoms with van der Waals surface area (Å²) in [5, 5.41) is 6.41. The lowest BCUT2D eigenvalue weighted by molar-refractivity contribution is -0.119. The van der Waals surface area contributed by atoms with Crippen molar-refractivity contribution in [1.82, 2.24) is 10.6 Å². The Balaban J connectivity index is 0.00000220. The Morgan fingerprint density at radius 2 is 2.19 bits per heavy atom. The van der Waals surface area contributed by atoms with Crippen molar-refractivity contribution in [2.24, 2.45) is 0 Å². The average Bonchev–Trinajstić information content (AvgIpc) is 2.42. The van der Waals surface area contributed by atoms with Gasteiger partial charge in [0.05, 0.1) is 5.75 Å². The van der Waals surface area contributed by atoms with E-state index in [0.29, 0.717) is 11.8 Å². The highest BCUT2D eigenvalue weighted by atomic mass is 79.9. The maximum absolute atomic E-state index is 12.0. The van der Waals surface area contributed by atoms with Gasteiger partial charge in [-0.1, -0.05) is 15.9 Å². The van der Waals surface area contributed by atoms with Crippen LogP contribution in [0, 0.1) is 13.8 Å². The minimum absolute atomic E-state index is 0. The number of benzene rings is 1. The number of hydrogen-bond donors (Lipinski definition) is 2.